The van der Waals surface area contributed by atoms with Gasteiger partial charge in [-0.3, -0.25) is 15.5 Å². The number of aryl methyl sites for hydroxylation is 1. The average Bonchev–Trinajstić information content (AvgIpc) is 2.46. The third-order valence-corrected chi connectivity index (χ3v) is 3.65. The number of nitro groups is 1. The number of hydrogen-bond donors (Lipinski definition) is 2. The predicted octanol–water partition coefficient (Wildman–Crippen LogP) is 2.14. The Labute approximate surface area is 124 Å². The second-order valence-corrected chi connectivity index (χ2v) is 4.97. The van der Waals surface area contributed by atoms with Gasteiger partial charge in [0.1, 0.15) is 11.4 Å². The van der Waals surface area contributed by atoms with Gasteiger partial charge in [-0.25, -0.2) is 10.8 Å². The van der Waals surface area contributed by atoms with Gasteiger partial charge in [-0.15, -0.1) is 0 Å². The standard InChI is InChI=1S/C12H13N5O3S/c1-7-10(17(18)19)11(15-12(14-7)16-13)21-9-6-4-3-5-8(9)20-2/h3-6H,13H2,1-2H3,(H,14,15,16). The summed E-state index contributed by atoms with van der Waals surface area (Å²) in [6, 6.07) is 7.19. The summed E-state index contributed by atoms with van der Waals surface area (Å²) in [5.74, 6) is 6.01. The molecular weight excluding hydrogens is 294 g/mol. The Morgan fingerprint density at radius 1 is 1.38 bits per heavy atom. The maximum atomic E-state index is 11.2. The van der Waals surface area contributed by atoms with E-state index in [0.29, 0.717) is 10.6 Å². The molecule has 1 heterocycles. The number of nitrogens with two attached hydrogens (primary N) is 1. The number of aromatic nitrogens is 2. The van der Waals surface area contributed by atoms with Gasteiger partial charge in [0.05, 0.1) is 16.9 Å². The number of nitrogens with one attached hydrogen (secondary N) is 1. The highest BCUT2D eigenvalue weighted by Crippen LogP contribution is 2.39. The molecule has 0 unspecified atom stereocenters. The molecule has 2 aromatic rings. The molecule has 0 amide bonds. The fourth-order valence-electron chi connectivity index (χ4n) is 1.69. The maximum absolute atomic E-state index is 11.2. The van der Waals surface area contributed by atoms with Crippen LogP contribution in [0.1, 0.15) is 5.69 Å². The minimum atomic E-state index is -0.507. The molecule has 0 bridgehead atoms. The predicted molar refractivity (Wildman–Crippen MR) is 78.4 cm³/mol. The number of anilines is 1. The summed E-state index contributed by atoms with van der Waals surface area (Å²) >= 11 is 1.12. The van der Waals surface area contributed by atoms with Crippen molar-refractivity contribution < 1.29 is 9.66 Å². The first-order valence-corrected chi connectivity index (χ1v) is 6.69. The van der Waals surface area contributed by atoms with Crippen LogP contribution < -0.4 is 16.0 Å². The van der Waals surface area contributed by atoms with Gasteiger partial charge >= 0.3 is 5.69 Å². The van der Waals surface area contributed by atoms with Crippen molar-refractivity contribution in [2.24, 2.45) is 5.84 Å². The SMILES string of the molecule is COc1ccccc1Sc1nc(NN)nc(C)c1[N+](=O)[O-]. The number of rotatable bonds is 5. The van der Waals surface area contributed by atoms with Crippen LogP contribution in [0.4, 0.5) is 11.6 Å². The fraction of sp³-hybridized carbons (Fsp3) is 0.167. The van der Waals surface area contributed by atoms with Gasteiger partial charge in [-0.1, -0.05) is 23.9 Å². The molecule has 0 atom stereocenters. The molecule has 110 valence electrons. The van der Waals surface area contributed by atoms with Crippen LogP contribution in [-0.2, 0) is 0 Å². The number of nitrogen functional groups attached to an aromatic ring is 1. The molecule has 2 rings (SSSR count). The van der Waals surface area contributed by atoms with Crippen LogP contribution in [0, 0.1) is 17.0 Å². The van der Waals surface area contributed by atoms with E-state index in [9.17, 15) is 10.1 Å². The highest BCUT2D eigenvalue weighted by Gasteiger charge is 2.23. The molecule has 1 aromatic carbocycles. The third-order valence-electron chi connectivity index (χ3n) is 2.61. The molecule has 21 heavy (non-hydrogen) atoms. The van der Waals surface area contributed by atoms with Crippen molar-refractivity contribution in [3.8, 4) is 5.75 Å². The van der Waals surface area contributed by atoms with Crippen molar-refractivity contribution in [2.45, 2.75) is 16.8 Å². The van der Waals surface area contributed by atoms with E-state index < -0.39 is 4.92 Å². The van der Waals surface area contributed by atoms with Gasteiger partial charge in [0.2, 0.25) is 5.95 Å². The minimum Gasteiger partial charge on any atom is -0.496 e. The Morgan fingerprint density at radius 3 is 2.71 bits per heavy atom. The van der Waals surface area contributed by atoms with Crippen molar-refractivity contribution in [1.82, 2.24) is 9.97 Å². The summed E-state index contributed by atoms with van der Waals surface area (Å²) in [5.41, 5.74) is 2.39. The molecule has 9 heteroatoms. The smallest absolute Gasteiger partial charge is 0.322 e. The van der Waals surface area contributed by atoms with E-state index in [1.165, 1.54) is 14.0 Å². The molecule has 0 radical (unpaired) electrons. The van der Waals surface area contributed by atoms with Crippen LogP contribution in [0.15, 0.2) is 34.2 Å². The number of ether oxygens (including phenoxy) is 1. The quantitative estimate of drug-likeness (QED) is 0.373. The van der Waals surface area contributed by atoms with Crippen LogP contribution in [0.5, 0.6) is 5.75 Å². The van der Waals surface area contributed by atoms with Crippen LogP contribution in [-0.4, -0.2) is 22.0 Å². The number of para-hydroxylation sites is 1. The van der Waals surface area contributed by atoms with Gasteiger partial charge < -0.3 is 4.74 Å². The molecule has 0 spiro atoms. The Kier molecular flexibility index (Phi) is 4.55. The molecule has 0 fully saturated rings. The van der Waals surface area contributed by atoms with Crippen molar-refractivity contribution in [2.75, 3.05) is 12.5 Å². The third kappa shape index (κ3) is 3.20. The van der Waals surface area contributed by atoms with Crippen molar-refractivity contribution in [3.05, 3.63) is 40.1 Å². The van der Waals surface area contributed by atoms with Crippen molar-refractivity contribution >= 4 is 23.4 Å². The van der Waals surface area contributed by atoms with Crippen LogP contribution in [0.3, 0.4) is 0 Å². The zero-order valence-corrected chi connectivity index (χ0v) is 12.2. The zero-order valence-electron chi connectivity index (χ0n) is 11.4. The largest absolute Gasteiger partial charge is 0.496 e. The molecule has 0 aliphatic carbocycles. The fourth-order valence-corrected chi connectivity index (χ4v) is 2.75. The van der Waals surface area contributed by atoms with Gasteiger partial charge in [0, 0.05) is 0 Å². The second-order valence-electron chi connectivity index (χ2n) is 3.94. The molecule has 3 N–H and O–H groups in total. The van der Waals surface area contributed by atoms with Gasteiger partial charge in [0.25, 0.3) is 0 Å². The van der Waals surface area contributed by atoms with E-state index in [1.807, 2.05) is 12.1 Å². The number of nitrogens with zero attached hydrogens (tertiary/aromatic N) is 3. The molecule has 8 nitrogen and oxygen atoms in total. The topological polar surface area (TPSA) is 116 Å². The summed E-state index contributed by atoms with van der Waals surface area (Å²) in [7, 11) is 1.53. The van der Waals surface area contributed by atoms with Crippen molar-refractivity contribution in [3.63, 3.8) is 0 Å². The lowest BCUT2D eigenvalue weighted by atomic mass is 10.3. The van der Waals surface area contributed by atoms with Crippen LogP contribution in [0.25, 0.3) is 0 Å². The summed E-state index contributed by atoms with van der Waals surface area (Å²) in [6.07, 6.45) is 0. The number of hydrogen-bond acceptors (Lipinski definition) is 8. The van der Waals surface area contributed by atoms with Crippen LogP contribution in [0.2, 0.25) is 0 Å². The van der Waals surface area contributed by atoms with E-state index in [2.05, 4.69) is 15.4 Å². The van der Waals surface area contributed by atoms with Gasteiger partial charge in [0.15, 0.2) is 5.03 Å². The maximum Gasteiger partial charge on any atom is 0.322 e. The molecule has 1 aromatic heterocycles. The highest BCUT2D eigenvalue weighted by molar-refractivity contribution is 7.99. The second kappa shape index (κ2) is 6.37. The van der Waals surface area contributed by atoms with E-state index in [-0.39, 0.29) is 22.4 Å². The summed E-state index contributed by atoms with van der Waals surface area (Å²) < 4.78 is 5.23. The Bertz CT molecular complexity index is 680. The van der Waals surface area contributed by atoms with Gasteiger partial charge in [-0.05, 0) is 19.1 Å². The summed E-state index contributed by atoms with van der Waals surface area (Å²) in [4.78, 5) is 19.4. The Morgan fingerprint density at radius 2 is 2.10 bits per heavy atom. The lowest BCUT2D eigenvalue weighted by Crippen LogP contribution is -2.12. The molecule has 0 aliphatic rings. The first-order valence-electron chi connectivity index (χ1n) is 5.87. The number of hydrazine groups is 1. The lowest BCUT2D eigenvalue weighted by molar-refractivity contribution is -0.389. The monoisotopic (exact) mass is 307 g/mol. The molecule has 0 saturated carbocycles. The van der Waals surface area contributed by atoms with E-state index in [0.717, 1.165) is 11.8 Å². The van der Waals surface area contributed by atoms with Crippen molar-refractivity contribution in [1.29, 1.82) is 0 Å². The highest BCUT2D eigenvalue weighted by atomic mass is 32.2. The normalized spacial score (nSPS) is 10.2. The average molecular weight is 307 g/mol. The number of benzene rings is 1. The minimum absolute atomic E-state index is 0.121. The Balaban J connectivity index is 2.52. The van der Waals surface area contributed by atoms with Crippen LogP contribution >= 0.6 is 11.8 Å². The Hall–Kier alpha value is -2.39. The molecular formula is C12H13N5O3S. The molecule has 0 aliphatic heterocycles. The van der Waals surface area contributed by atoms with E-state index in [1.54, 1.807) is 12.1 Å². The van der Waals surface area contributed by atoms with Gasteiger partial charge in [-0.2, -0.15) is 4.98 Å². The zero-order chi connectivity index (χ0) is 15.4. The number of methoxy groups -OCH3 is 1. The first kappa shape index (κ1) is 15.0. The first-order chi connectivity index (χ1) is 10.1. The molecule has 0 saturated heterocycles. The lowest BCUT2D eigenvalue weighted by Gasteiger charge is -2.09. The summed E-state index contributed by atoms with van der Waals surface area (Å²) in [5, 5.41) is 11.4. The van der Waals surface area contributed by atoms with E-state index >= 15 is 0 Å². The van der Waals surface area contributed by atoms with E-state index in [4.69, 9.17) is 10.6 Å². The summed E-state index contributed by atoms with van der Waals surface area (Å²) in [6.45, 7) is 1.53.